The van der Waals surface area contributed by atoms with E-state index in [9.17, 15) is 4.79 Å². The minimum Gasteiger partial charge on any atom is -0.298 e. The molecule has 0 fully saturated rings. The fourth-order valence-corrected chi connectivity index (χ4v) is 2.96. The van der Waals surface area contributed by atoms with E-state index >= 15 is 0 Å². The highest BCUT2D eigenvalue weighted by Gasteiger charge is 2.10. The van der Waals surface area contributed by atoms with Crippen molar-refractivity contribution in [2.45, 2.75) is 45.8 Å². The van der Waals surface area contributed by atoms with Gasteiger partial charge in [0.1, 0.15) is 10.8 Å². The zero-order valence-electron chi connectivity index (χ0n) is 10.4. The molecule has 0 N–H and O–H groups in total. The summed E-state index contributed by atoms with van der Waals surface area (Å²) in [5.41, 5.74) is 1.06. The fraction of sp³-hybridized carbons (Fsp3) is 0.667. The molecule has 0 aliphatic rings. The molecule has 0 spiro atoms. The Balaban J connectivity index is 2.40. The Morgan fingerprint density at radius 2 is 2.19 bits per heavy atom. The lowest BCUT2D eigenvalue weighted by Crippen LogP contribution is -2.08. The van der Waals surface area contributed by atoms with Crippen LogP contribution in [0, 0.1) is 13.8 Å². The lowest BCUT2D eigenvalue weighted by molar-refractivity contribution is -0.116. The molecule has 1 rings (SSSR count). The monoisotopic (exact) mass is 257 g/mol. The molecule has 2 nitrogen and oxygen atoms in total. The molecule has 0 aromatic carbocycles. The summed E-state index contributed by atoms with van der Waals surface area (Å²) in [6, 6.07) is 0. The number of ketones is 1. The van der Waals surface area contributed by atoms with Crippen molar-refractivity contribution in [3.63, 3.8) is 0 Å². The minimum absolute atomic E-state index is 0.291. The van der Waals surface area contributed by atoms with Crippen LogP contribution in [0.25, 0.3) is 0 Å². The van der Waals surface area contributed by atoms with Gasteiger partial charge in [0.25, 0.3) is 0 Å². The van der Waals surface area contributed by atoms with Crippen LogP contribution in [-0.2, 0) is 11.2 Å². The molecule has 0 radical (unpaired) electrons. The summed E-state index contributed by atoms with van der Waals surface area (Å²) in [6.45, 7) is 8.36. The van der Waals surface area contributed by atoms with E-state index < -0.39 is 0 Å². The Kier molecular flexibility index (Phi) is 5.49. The molecule has 0 bridgehead atoms. The van der Waals surface area contributed by atoms with Gasteiger partial charge in [-0.3, -0.25) is 4.79 Å². The molecule has 0 aliphatic heterocycles. The summed E-state index contributed by atoms with van der Waals surface area (Å²) in [7, 11) is 0. The van der Waals surface area contributed by atoms with E-state index in [2.05, 4.69) is 25.8 Å². The highest BCUT2D eigenvalue weighted by Crippen LogP contribution is 2.19. The summed E-state index contributed by atoms with van der Waals surface area (Å²) >= 11 is 3.38. The van der Waals surface area contributed by atoms with E-state index in [0.717, 1.165) is 17.1 Å². The van der Waals surface area contributed by atoms with E-state index in [-0.39, 0.29) is 0 Å². The Bertz CT molecular complexity index is 340. The minimum atomic E-state index is 0.291. The van der Waals surface area contributed by atoms with Crippen LogP contribution in [0.15, 0.2) is 0 Å². The molecular formula is C12H19NOS2. The summed E-state index contributed by atoms with van der Waals surface area (Å²) in [5.74, 6) is 0.909. The van der Waals surface area contributed by atoms with Crippen LogP contribution in [0.2, 0.25) is 0 Å². The molecule has 1 unspecified atom stereocenters. The molecule has 1 aromatic heterocycles. The zero-order valence-corrected chi connectivity index (χ0v) is 12.0. The van der Waals surface area contributed by atoms with Crippen LogP contribution in [0.1, 0.15) is 35.8 Å². The van der Waals surface area contributed by atoms with Gasteiger partial charge in [0.05, 0.1) is 17.9 Å². The van der Waals surface area contributed by atoms with Gasteiger partial charge in [0.2, 0.25) is 0 Å². The third-order valence-electron chi connectivity index (χ3n) is 2.52. The van der Waals surface area contributed by atoms with Crippen LogP contribution < -0.4 is 0 Å². The molecule has 0 aliphatic carbocycles. The topological polar surface area (TPSA) is 30.0 Å². The number of aryl methyl sites for hydroxylation is 2. The predicted molar refractivity (Wildman–Crippen MR) is 72.5 cm³/mol. The molecule has 90 valence electrons. The highest BCUT2D eigenvalue weighted by molar-refractivity contribution is 8.00. The van der Waals surface area contributed by atoms with Gasteiger partial charge < -0.3 is 0 Å². The molecule has 1 atom stereocenters. The largest absolute Gasteiger partial charge is 0.298 e. The van der Waals surface area contributed by atoms with Gasteiger partial charge in [0, 0.05) is 10.1 Å². The molecule has 1 aromatic rings. The van der Waals surface area contributed by atoms with Crippen LogP contribution in [0.3, 0.4) is 0 Å². The van der Waals surface area contributed by atoms with E-state index in [4.69, 9.17) is 0 Å². The van der Waals surface area contributed by atoms with Crippen molar-refractivity contribution in [2.75, 3.05) is 5.75 Å². The standard InChI is InChI=1S/C12H19NOS2/c1-5-8(2)15-7-11(14)6-12-13-9(3)10(4)16-12/h8H,5-7H2,1-4H3. The summed E-state index contributed by atoms with van der Waals surface area (Å²) in [5, 5.41) is 1.54. The lowest BCUT2D eigenvalue weighted by Gasteiger charge is -2.06. The third kappa shape index (κ3) is 4.26. The SMILES string of the molecule is CCC(C)SCC(=O)Cc1nc(C)c(C)s1. The van der Waals surface area contributed by atoms with Gasteiger partial charge in [-0.05, 0) is 20.3 Å². The van der Waals surface area contributed by atoms with Crippen molar-refractivity contribution in [3.8, 4) is 0 Å². The number of thioether (sulfide) groups is 1. The van der Waals surface area contributed by atoms with Gasteiger partial charge in [0.15, 0.2) is 0 Å². The Labute approximate surface area is 106 Å². The van der Waals surface area contributed by atoms with Crippen molar-refractivity contribution < 1.29 is 4.79 Å². The molecular weight excluding hydrogens is 238 g/mol. The Morgan fingerprint density at radius 1 is 1.50 bits per heavy atom. The number of aromatic nitrogens is 1. The number of nitrogens with zero attached hydrogens (tertiary/aromatic N) is 1. The van der Waals surface area contributed by atoms with Crippen LogP contribution in [0.5, 0.6) is 0 Å². The molecule has 0 saturated carbocycles. The molecule has 4 heteroatoms. The summed E-state index contributed by atoms with van der Waals surface area (Å²) in [6.07, 6.45) is 1.62. The lowest BCUT2D eigenvalue weighted by atomic mass is 10.3. The first-order valence-electron chi connectivity index (χ1n) is 5.59. The predicted octanol–water partition coefficient (Wildman–Crippen LogP) is 3.40. The number of hydrogen-bond acceptors (Lipinski definition) is 4. The number of Topliss-reactive ketones (excluding diaryl/α,β-unsaturated/α-hetero) is 1. The summed E-state index contributed by atoms with van der Waals surface area (Å²) in [4.78, 5) is 17.3. The van der Waals surface area contributed by atoms with Crippen molar-refractivity contribution in [2.24, 2.45) is 0 Å². The smallest absolute Gasteiger partial charge is 0.149 e. The molecule has 16 heavy (non-hydrogen) atoms. The average molecular weight is 257 g/mol. The first-order chi connectivity index (χ1) is 7.52. The van der Waals surface area contributed by atoms with Crippen molar-refractivity contribution >= 4 is 28.9 Å². The molecule has 1 heterocycles. The Hall–Kier alpha value is -0.350. The number of carbonyl (C=O) groups excluding carboxylic acids is 1. The van der Waals surface area contributed by atoms with Crippen molar-refractivity contribution in [1.29, 1.82) is 0 Å². The summed E-state index contributed by atoms with van der Waals surface area (Å²) < 4.78 is 0. The second kappa shape index (κ2) is 6.40. The second-order valence-corrected chi connectivity index (χ2v) is 6.71. The van der Waals surface area contributed by atoms with E-state index in [1.165, 1.54) is 4.88 Å². The van der Waals surface area contributed by atoms with Crippen molar-refractivity contribution in [1.82, 2.24) is 4.98 Å². The van der Waals surface area contributed by atoms with Gasteiger partial charge in [-0.2, -0.15) is 11.8 Å². The van der Waals surface area contributed by atoms with Crippen LogP contribution in [0.4, 0.5) is 0 Å². The maximum atomic E-state index is 11.7. The first kappa shape index (κ1) is 13.7. The molecule has 0 saturated heterocycles. The van der Waals surface area contributed by atoms with Crippen LogP contribution in [-0.4, -0.2) is 21.8 Å². The third-order valence-corrected chi connectivity index (χ3v) is 4.99. The average Bonchev–Trinajstić information content (AvgIpc) is 2.54. The second-order valence-electron chi connectivity index (χ2n) is 3.99. The number of hydrogen-bond donors (Lipinski definition) is 0. The zero-order chi connectivity index (χ0) is 12.1. The molecule has 0 amide bonds. The van der Waals surface area contributed by atoms with Gasteiger partial charge in [-0.1, -0.05) is 13.8 Å². The van der Waals surface area contributed by atoms with E-state index in [1.807, 2.05) is 6.92 Å². The number of thiazole rings is 1. The van der Waals surface area contributed by atoms with Crippen LogP contribution >= 0.6 is 23.1 Å². The normalized spacial score (nSPS) is 12.8. The number of rotatable bonds is 6. The Morgan fingerprint density at radius 3 is 2.69 bits per heavy atom. The fourth-order valence-electron chi connectivity index (χ4n) is 1.19. The van der Waals surface area contributed by atoms with E-state index in [1.54, 1.807) is 23.1 Å². The van der Waals surface area contributed by atoms with Gasteiger partial charge in [-0.25, -0.2) is 4.98 Å². The van der Waals surface area contributed by atoms with E-state index in [0.29, 0.717) is 23.2 Å². The van der Waals surface area contributed by atoms with Gasteiger partial charge in [-0.15, -0.1) is 11.3 Å². The first-order valence-corrected chi connectivity index (χ1v) is 7.45. The quantitative estimate of drug-likeness (QED) is 0.782. The maximum Gasteiger partial charge on any atom is 0.149 e. The maximum absolute atomic E-state index is 11.7. The highest BCUT2D eigenvalue weighted by atomic mass is 32.2. The number of carbonyl (C=O) groups is 1. The van der Waals surface area contributed by atoms with Crippen molar-refractivity contribution in [3.05, 3.63) is 15.6 Å². The van der Waals surface area contributed by atoms with Gasteiger partial charge >= 0.3 is 0 Å².